The summed E-state index contributed by atoms with van der Waals surface area (Å²) in [5.41, 5.74) is 0. The molecule has 0 aliphatic rings. The van der Waals surface area contributed by atoms with Gasteiger partial charge in [0.1, 0.15) is 17.1 Å². The van der Waals surface area contributed by atoms with E-state index < -0.39 is 47.0 Å². The average Bonchev–Trinajstić information content (AvgIpc) is 2.16. The summed E-state index contributed by atoms with van der Waals surface area (Å²) >= 11 is 0. The smallest absolute Gasteiger partial charge is 0.381 e. The molecule has 0 rings (SSSR count). The lowest BCUT2D eigenvalue weighted by Gasteiger charge is -2.37. The highest BCUT2D eigenvalue weighted by molar-refractivity contribution is 5.97. The van der Waals surface area contributed by atoms with E-state index in [-0.39, 0.29) is 6.92 Å². The lowest BCUT2D eigenvalue weighted by Crippen LogP contribution is -2.65. The van der Waals surface area contributed by atoms with Crippen LogP contribution < -0.4 is 0 Å². The Labute approximate surface area is 98.8 Å². The van der Waals surface area contributed by atoms with E-state index in [0.717, 1.165) is 0 Å². The Kier molecular flexibility index (Phi) is 4.78. The zero-order valence-corrected chi connectivity index (χ0v) is 11.1. The van der Waals surface area contributed by atoms with E-state index >= 15 is 0 Å². The zero-order valence-electron chi connectivity index (χ0n) is 9.09. The molecule has 0 aliphatic heterocycles. The number of hydrogen-bond acceptors (Lipinski definition) is 1. The van der Waals surface area contributed by atoms with Crippen LogP contribution in [-0.4, -0.2) is 47.0 Å². The minimum Gasteiger partial charge on any atom is -0.422 e. The Morgan fingerprint density at radius 3 is 1.61 bits per heavy atom. The largest absolute Gasteiger partial charge is 0.422 e. The lowest BCUT2D eigenvalue weighted by molar-refractivity contribution is -0.377. The van der Waals surface area contributed by atoms with Crippen LogP contribution in [0.1, 0.15) is 6.92 Å². The minimum atomic E-state index is -6.56. The van der Waals surface area contributed by atoms with Crippen molar-refractivity contribution in [1.29, 1.82) is 0 Å². The molecule has 0 saturated carbocycles. The third-order valence-electron chi connectivity index (χ3n) is 2.10. The van der Waals surface area contributed by atoms with Gasteiger partial charge in [0, 0.05) is 0 Å². The van der Waals surface area contributed by atoms with Gasteiger partial charge in [0.15, 0.2) is 6.17 Å². The number of halogens is 9. The van der Waals surface area contributed by atoms with Crippen molar-refractivity contribution in [3.05, 3.63) is 0 Å². The number of rotatable bonds is 6. The molecular formula is C7H9F9OSi. The Morgan fingerprint density at radius 2 is 1.33 bits per heavy atom. The van der Waals surface area contributed by atoms with E-state index in [1.807, 2.05) is 0 Å². The second-order valence-electron chi connectivity index (χ2n) is 3.53. The maximum absolute atomic E-state index is 12.8. The van der Waals surface area contributed by atoms with Crippen LogP contribution in [0, 0.1) is 0 Å². The summed E-state index contributed by atoms with van der Waals surface area (Å²) in [5.74, 6) is -24.5. The molecule has 0 aromatic rings. The quantitative estimate of drug-likeness (QED) is 0.540. The van der Waals surface area contributed by atoms with Crippen molar-refractivity contribution in [2.45, 2.75) is 36.8 Å². The van der Waals surface area contributed by atoms with E-state index in [4.69, 9.17) is 0 Å². The summed E-state index contributed by atoms with van der Waals surface area (Å²) < 4.78 is 118. The SMILES string of the molecule is CC(F)C(F)(F)C(F)(F)C(F)(F)C(F)(F)CO[SiH3]. The molecule has 0 bridgehead atoms. The van der Waals surface area contributed by atoms with Crippen molar-refractivity contribution in [3.8, 4) is 0 Å². The molecule has 0 spiro atoms. The lowest BCUT2D eigenvalue weighted by atomic mass is 9.96. The summed E-state index contributed by atoms with van der Waals surface area (Å²) in [6.45, 7) is -2.29. The topological polar surface area (TPSA) is 9.23 Å². The highest BCUT2D eigenvalue weighted by Crippen LogP contribution is 2.53. The second-order valence-corrected chi connectivity index (χ2v) is 4.10. The first-order chi connectivity index (χ1) is 7.75. The van der Waals surface area contributed by atoms with Crippen LogP contribution >= 0.6 is 0 Å². The van der Waals surface area contributed by atoms with Gasteiger partial charge in [-0.25, -0.2) is 4.39 Å². The van der Waals surface area contributed by atoms with E-state index in [1.54, 1.807) is 0 Å². The van der Waals surface area contributed by atoms with E-state index in [9.17, 15) is 39.5 Å². The van der Waals surface area contributed by atoms with Crippen molar-refractivity contribution < 1.29 is 43.9 Å². The van der Waals surface area contributed by atoms with Crippen molar-refractivity contribution in [2.75, 3.05) is 6.61 Å². The van der Waals surface area contributed by atoms with Crippen molar-refractivity contribution in [3.63, 3.8) is 0 Å². The summed E-state index contributed by atoms with van der Waals surface area (Å²) in [5, 5.41) is 0. The molecule has 0 heterocycles. The number of hydrogen-bond donors (Lipinski definition) is 0. The Balaban J connectivity index is 5.58. The molecule has 0 fully saturated rings. The molecule has 0 amide bonds. The van der Waals surface area contributed by atoms with Crippen molar-refractivity contribution >= 4 is 10.5 Å². The molecule has 0 radical (unpaired) electrons. The highest BCUT2D eigenvalue weighted by Gasteiger charge is 2.81. The average molecular weight is 308 g/mol. The molecule has 18 heavy (non-hydrogen) atoms. The molecule has 1 atom stereocenters. The first-order valence-electron chi connectivity index (χ1n) is 4.40. The van der Waals surface area contributed by atoms with Crippen LogP contribution in [0.15, 0.2) is 0 Å². The van der Waals surface area contributed by atoms with Gasteiger partial charge in [0.25, 0.3) is 0 Å². The van der Waals surface area contributed by atoms with E-state index in [0.29, 0.717) is 0 Å². The summed E-state index contributed by atoms with van der Waals surface area (Å²) in [6.07, 6.45) is -3.73. The molecule has 0 aromatic heterocycles. The fraction of sp³-hybridized carbons (Fsp3) is 1.00. The van der Waals surface area contributed by atoms with Gasteiger partial charge in [0.05, 0.1) is 0 Å². The van der Waals surface area contributed by atoms with Gasteiger partial charge < -0.3 is 4.43 Å². The molecular weight excluding hydrogens is 299 g/mol. The van der Waals surface area contributed by atoms with Crippen LogP contribution in [0.3, 0.4) is 0 Å². The second kappa shape index (κ2) is 4.91. The molecule has 110 valence electrons. The first kappa shape index (κ1) is 17.5. The van der Waals surface area contributed by atoms with Gasteiger partial charge >= 0.3 is 23.7 Å². The van der Waals surface area contributed by atoms with Gasteiger partial charge in [-0.3, -0.25) is 0 Å². The molecule has 0 aliphatic carbocycles. The van der Waals surface area contributed by atoms with E-state index in [1.165, 1.54) is 0 Å². The van der Waals surface area contributed by atoms with Crippen LogP contribution in [-0.2, 0) is 4.43 Å². The van der Waals surface area contributed by atoms with Gasteiger partial charge in [-0.1, -0.05) is 0 Å². The summed E-state index contributed by atoms with van der Waals surface area (Å²) in [4.78, 5) is 0. The Bertz CT molecular complexity index is 291. The van der Waals surface area contributed by atoms with Gasteiger partial charge in [-0.15, -0.1) is 0 Å². The standard InChI is InChI=1S/C7H9F9OSi/c1-3(8)5(11,12)7(15,16)6(13,14)4(9,10)2-17-18/h3H,2H2,1,18H3. The monoisotopic (exact) mass is 308 g/mol. The van der Waals surface area contributed by atoms with Crippen molar-refractivity contribution in [1.82, 2.24) is 0 Å². The van der Waals surface area contributed by atoms with Crippen molar-refractivity contribution in [2.24, 2.45) is 0 Å². The Hall–Kier alpha value is -0.453. The highest BCUT2D eigenvalue weighted by atomic mass is 28.2. The molecule has 1 unspecified atom stereocenters. The number of alkyl halides is 9. The van der Waals surface area contributed by atoms with Crippen LogP contribution in [0.4, 0.5) is 39.5 Å². The van der Waals surface area contributed by atoms with Crippen LogP contribution in [0.5, 0.6) is 0 Å². The fourth-order valence-corrected chi connectivity index (χ4v) is 1.32. The zero-order chi connectivity index (χ0) is 15.0. The molecule has 0 saturated heterocycles. The molecule has 0 N–H and O–H groups in total. The maximum atomic E-state index is 12.8. The van der Waals surface area contributed by atoms with Crippen LogP contribution in [0.2, 0.25) is 0 Å². The van der Waals surface area contributed by atoms with Gasteiger partial charge in [-0.05, 0) is 6.92 Å². The van der Waals surface area contributed by atoms with Gasteiger partial charge in [-0.2, -0.15) is 35.1 Å². The van der Waals surface area contributed by atoms with Gasteiger partial charge in [0.2, 0.25) is 0 Å². The molecule has 0 aromatic carbocycles. The maximum Gasteiger partial charge on any atom is 0.381 e. The normalized spacial score (nSPS) is 17.0. The molecule has 1 nitrogen and oxygen atoms in total. The summed E-state index contributed by atoms with van der Waals surface area (Å²) in [7, 11) is -0.493. The van der Waals surface area contributed by atoms with E-state index in [2.05, 4.69) is 4.43 Å². The fourth-order valence-electron chi connectivity index (χ4n) is 0.961. The third kappa shape index (κ3) is 2.46. The third-order valence-corrected chi connectivity index (χ3v) is 2.39. The summed E-state index contributed by atoms with van der Waals surface area (Å²) in [6, 6.07) is 0. The molecule has 11 heteroatoms. The predicted molar refractivity (Wildman–Crippen MR) is 46.2 cm³/mol. The first-order valence-corrected chi connectivity index (χ1v) is 5.21. The predicted octanol–water partition coefficient (Wildman–Crippen LogP) is 2.18. The van der Waals surface area contributed by atoms with Crippen LogP contribution in [0.25, 0.3) is 0 Å². The minimum absolute atomic E-state index is 0.134. The Morgan fingerprint density at radius 1 is 0.944 bits per heavy atom.